The number of unbranched alkanes of at least 4 members (excludes halogenated alkanes) is 3. The molecule has 0 bridgehead atoms. The molecule has 0 aromatic heterocycles. The van der Waals surface area contributed by atoms with Crippen molar-refractivity contribution >= 4 is 5.97 Å². The third-order valence-electron chi connectivity index (χ3n) is 2.86. The van der Waals surface area contributed by atoms with Crippen molar-refractivity contribution in [1.82, 2.24) is 0 Å². The summed E-state index contributed by atoms with van der Waals surface area (Å²) in [7, 11) is 0. The number of hydrogen-bond donors (Lipinski definition) is 0. The lowest BCUT2D eigenvalue weighted by molar-refractivity contribution is -0.144. The molecule has 0 spiro atoms. The topological polar surface area (TPSA) is 26.3 Å². The summed E-state index contributed by atoms with van der Waals surface area (Å²) in [5.41, 5.74) is 0.701. The number of hydrogen-bond acceptors (Lipinski definition) is 2. The summed E-state index contributed by atoms with van der Waals surface area (Å²) in [4.78, 5) is 11.5. The van der Waals surface area contributed by atoms with E-state index >= 15 is 0 Å². The van der Waals surface area contributed by atoms with Crippen molar-refractivity contribution in [3.63, 3.8) is 0 Å². The van der Waals surface area contributed by atoms with Crippen LogP contribution >= 0.6 is 0 Å². The van der Waals surface area contributed by atoms with E-state index in [1.807, 2.05) is 6.92 Å². The van der Waals surface area contributed by atoms with Crippen LogP contribution in [0.25, 0.3) is 0 Å². The second-order valence-electron chi connectivity index (χ2n) is 4.26. The summed E-state index contributed by atoms with van der Waals surface area (Å²) in [5, 5.41) is 0. The van der Waals surface area contributed by atoms with Crippen molar-refractivity contribution in [1.29, 1.82) is 0 Å². The minimum Gasteiger partial charge on any atom is -0.459 e. The summed E-state index contributed by atoms with van der Waals surface area (Å²) in [5.74, 6) is -0.162. The Hall–Kier alpha value is -0.790. The molecule has 2 nitrogen and oxygen atoms in total. The smallest absolute Gasteiger partial charge is 0.333 e. The van der Waals surface area contributed by atoms with Gasteiger partial charge < -0.3 is 4.74 Å². The van der Waals surface area contributed by atoms with Crippen LogP contribution < -0.4 is 0 Å². The highest BCUT2D eigenvalue weighted by Gasteiger charge is 2.12. The lowest BCUT2D eigenvalue weighted by atomic mass is 10.1. The molecule has 0 fully saturated rings. The lowest BCUT2D eigenvalue weighted by Crippen LogP contribution is -2.18. The standard InChI is InChI=1S/C14H26O2/c1-5-8-9-10-11-13(7-3)16-14(15)12(4)6-2/h6,13H,5,7-11H2,1-4H3/b12-6+. The normalized spacial score (nSPS) is 13.6. The van der Waals surface area contributed by atoms with Crippen LogP contribution in [0.15, 0.2) is 11.6 Å². The van der Waals surface area contributed by atoms with E-state index in [9.17, 15) is 4.79 Å². The van der Waals surface area contributed by atoms with Gasteiger partial charge in [-0.3, -0.25) is 0 Å². The van der Waals surface area contributed by atoms with Gasteiger partial charge in [-0.15, -0.1) is 0 Å². The molecule has 0 aliphatic carbocycles. The third kappa shape index (κ3) is 6.65. The molecule has 2 heteroatoms. The highest BCUT2D eigenvalue weighted by molar-refractivity contribution is 5.87. The van der Waals surface area contributed by atoms with Gasteiger partial charge in [-0.2, -0.15) is 0 Å². The SMILES string of the molecule is C/C=C(\C)C(=O)OC(CC)CCCCCC. The first kappa shape index (κ1) is 15.2. The van der Waals surface area contributed by atoms with Crippen molar-refractivity contribution in [3.8, 4) is 0 Å². The maximum atomic E-state index is 11.5. The van der Waals surface area contributed by atoms with Crippen molar-refractivity contribution in [3.05, 3.63) is 11.6 Å². The van der Waals surface area contributed by atoms with Gasteiger partial charge in [-0.1, -0.05) is 39.2 Å². The maximum Gasteiger partial charge on any atom is 0.333 e. The Morgan fingerprint density at radius 1 is 1.25 bits per heavy atom. The number of carbonyl (C=O) groups is 1. The van der Waals surface area contributed by atoms with E-state index in [-0.39, 0.29) is 12.1 Å². The molecule has 0 aromatic rings. The number of rotatable bonds is 8. The number of esters is 1. The molecule has 0 aromatic carbocycles. The van der Waals surface area contributed by atoms with Gasteiger partial charge in [0.1, 0.15) is 6.10 Å². The predicted octanol–water partition coefficient (Wildman–Crippen LogP) is 4.24. The fraction of sp³-hybridized carbons (Fsp3) is 0.786. The average molecular weight is 226 g/mol. The van der Waals surface area contributed by atoms with Gasteiger partial charge in [0.05, 0.1) is 0 Å². The van der Waals surface area contributed by atoms with Crippen LogP contribution in [0, 0.1) is 0 Å². The molecule has 0 aliphatic rings. The summed E-state index contributed by atoms with van der Waals surface area (Å²) < 4.78 is 5.43. The second kappa shape index (κ2) is 9.44. The molecule has 0 saturated carbocycles. The van der Waals surface area contributed by atoms with Crippen molar-refractivity contribution < 1.29 is 9.53 Å². The minimum absolute atomic E-state index is 0.0965. The molecular weight excluding hydrogens is 200 g/mol. The molecule has 16 heavy (non-hydrogen) atoms. The van der Waals surface area contributed by atoms with Crippen molar-refractivity contribution in [2.24, 2.45) is 0 Å². The molecule has 0 aliphatic heterocycles. The Morgan fingerprint density at radius 3 is 2.44 bits per heavy atom. The fourth-order valence-corrected chi connectivity index (χ4v) is 1.51. The average Bonchev–Trinajstić information content (AvgIpc) is 2.31. The molecule has 0 amide bonds. The van der Waals surface area contributed by atoms with E-state index in [0.717, 1.165) is 19.3 Å². The zero-order chi connectivity index (χ0) is 12.4. The van der Waals surface area contributed by atoms with Gasteiger partial charge in [0.15, 0.2) is 0 Å². The van der Waals surface area contributed by atoms with Gasteiger partial charge in [-0.25, -0.2) is 4.79 Å². The fourth-order valence-electron chi connectivity index (χ4n) is 1.51. The van der Waals surface area contributed by atoms with E-state index in [0.29, 0.717) is 5.57 Å². The van der Waals surface area contributed by atoms with Gasteiger partial charge >= 0.3 is 5.97 Å². The van der Waals surface area contributed by atoms with Crippen LogP contribution in [0.1, 0.15) is 66.2 Å². The second-order valence-corrected chi connectivity index (χ2v) is 4.26. The van der Waals surface area contributed by atoms with Crippen LogP contribution in [0.2, 0.25) is 0 Å². The molecule has 0 heterocycles. The molecule has 0 rings (SSSR count). The molecule has 1 unspecified atom stereocenters. The van der Waals surface area contributed by atoms with Crippen molar-refractivity contribution in [2.45, 2.75) is 72.3 Å². The first-order valence-corrected chi connectivity index (χ1v) is 6.49. The number of ether oxygens (including phenoxy) is 1. The molecule has 0 N–H and O–H groups in total. The number of allylic oxidation sites excluding steroid dienone is 1. The monoisotopic (exact) mass is 226 g/mol. The van der Waals surface area contributed by atoms with Crippen LogP contribution in [0.4, 0.5) is 0 Å². The van der Waals surface area contributed by atoms with Crippen LogP contribution in [-0.4, -0.2) is 12.1 Å². The van der Waals surface area contributed by atoms with Crippen molar-refractivity contribution in [2.75, 3.05) is 0 Å². The Balaban J connectivity index is 3.87. The quantitative estimate of drug-likeness (QED) is 0.351. The first-order chi connectivity index (χ1) is 7.65. The molecule has 1 atom stereocenters. The Bertz CT molecular complexity index is 219. The van der Waals surface area contributed by atoms with E-state index < -0.39 is 0 Å². The van der Waals surface area contributed by atoms with Gasteiger partial charge in [-0.05, 0) is 33.1 Å². The van der Waals surface area contributed by atoms with E-state index in [1.165, 1.54) is 19.3 Å². The van der Waals surface area contributed by atoms with E-state index in [2.05, 4.69) is 13.8 Å². The zero-order valence-electron chi connectivity index (χ0n) is 11.2. The Morgan fingerprint density at radius 2 is 1.94 bits per heavy atom. The van der Waals surface area contributed by atoms with Gasteiger partial charge in [0.2, 0.25) is 0 Å². The molecular formula is C14H26O2. The van der Waals surface area contributed by atoms with E-state index in [4.69, 9.17) is 4.74 Å². The molecule has 0 saturated heterocycles. The largest absolute Gasteiger partial charge is 0.459 e. The Labute approximate surface area is 100 Å². The minimum atomic E-state index is -0.162. The first-order valence-electron chi connectivity index (χ1n) is 6.49. The summed E-state index contributed by atoms with van der Waals surface area (Å²) >= 11 is 0. The molecule has 94 valence electrons. The summed E-state index contributed by atoms with van der Waals surface area (Å²) in [6, 6.07) is 0. The van der Waals surface area contributed by atoms with Crippen LogP contribution in [0.3, 0.4) is 0 Å². The lowest BCUT2D eigenvalue weighted by Gasteiger charge is -2.16. The predicted molar refractivity (Wildman–Crippen MR) is 68.4 cm³/mol. The van der Waals surface area contributed by atoms with Crippen LogP contribution in [-0.2, 0) is 9.53 Å². The summed E-state index contributed by atoms with van der Waals surface area (Å²) in [6.45, 7) is 7.93. The van der Waals surface area contributed by atoms with Crippen LogP contribution in [0.5, 0.6) is 0 Å². The van der Waals surface area contributed by atoms with Gasteiger partial charge in [0, 0.05) is 5.57 Å². The van der Waals surface area contributed by atoms with E-state index in [1.54, 1.807) is 13.0 Å². The highest BCUT2D eigenvalue weighted by Crippen LogP contribution is 2.12. The Kier molecular flexibility index (Phi) is 8.97. The number of carbonyl (C=O) groups excluding carboxylic acids is 1. The van der Waals surface area contributed by atoms with Gasteiger partial charge in [0.25, 0.3) is 0 Å². The third-order valence-corrected chi connectivity index (χ3v) is 2.86. The maximum absolute atomic E-state index is 11.5. The zero-order valence-corrected chi connectivity index (χ0v) is 11.2. The highest BCUT2D eigenvalue weighted by atomic mass is 16.5. The summed E-state index contributed by atoms with van der Waals surface area (Å²) in [6.07, 6.45) is 8.73. The molecule has 0 radical (unpaired) electrons.